The van der Waals surface area contributed by atoms with Gasteiger partial charge in [-0.25, -0.2) is 9.78 Å². The van der Waals surface area contributed by atoms with Gasteiger partial charge in [0, 0.05) is 17.8 Å². The van der Waals surface area contributed by atoms with Crippen molar-refractivity contribution < 1.29 is 14.7 Å². The van der Waals surface area contributed by atoms with E-state index in [0.29, 0.717) is 5.65 Å². The standard InChI is InChI=1S/C13H15N3O3/c1-13(2,12(18)19)16-10(17)6-8-7-15-11-9(8)4-3-5-14-11/h3-5,7H,6H2,1-2H3,(H,14,15)(H,16,17)(H,18,19). The normalized spacial score (nSPS) is 11.5. The molecule has 0 aliphatic carbocycles. The minimum absolute atomic E-state index is 0.113. The Labute approximate surface area is 109 Å². The molecular weight excluding hydrogens is 246 g/mol. The highest BCUT2D eigenvalue weighted by Gasteiger charge is 2.28. The number of nitrogens with one attached hydrogen (secondary N) is 2. The largest absolute Gasteiger partial charge is 0.480 e. The number of aliphatic carboxylic acids is 1. The Morgan fingerprint density at radius 1 is 1.47 bits per heavy atom. The number of pyridine rings is 1. The Morgan fingerprint density at radius 3 is 2.89 bits per heavy atom. The molecule has 6 nitrogen and oxygen atoms in total. The van der Waals surface area contributed by atoms with Crippen LogP contribution in [0.1, 0.15) is 19.4 Å². The molecule has 19 heavy (non-hydrogen) atoms. The topological polar surface area (TPSA) is 95.1 Å². The van der Waals surface area contributed by atoms with E-state index in [2.05, 4.69) is 15.3 Å². The summed E-state index contributed by atoms with van der Waals surface area (Å²) in [6, 6.07) is 3.66. The molecule has 0 aliphatic heterocycles. The molecule has 0 radical (unpaired) electrons. The maximum Gasteiger partial charge on any atom is 0.328 e. The molecule has 0 fully saturated rings. The molecule has 0 bridgehead atoms. The number of carboxylic acid groups (broad SMARTS) is 1. The number of carboxylic acids is 1. The summed E-state index contributed by atoms with van der Waals surface area (Å²) < 4.78 is 0. The second-order valence-corrected chi connectivity index (χ2v) is 4.87. The van der Waals surface area contributed by atoms with Crippen LogP contribution >= 0.6 is 0 Å². The number of H-pyrrole nitrogens is 1. The summed E-state index contributed by atoms with van der Waals surface area (Å²) in [5.41, 5.74) is 0.228. The lowest BCUT2D eigenvalue weighted by Gasteiger charge is -2.20. The van der Waals surface area contributed by atoms with Gasteiger partial charge in [-0.2, -0.15) is 0 Å². The molecule has 0 saturated heterocycles. The van der Waals surface area contributed by atoms with Crippen LogP contribution in [0.2, 0.25) is 0 Å². The van der Waals surface area contributed by atoms with Crippen molar-refractivity contribution in [3.05, 3.63) is 30.1 Å². The Balaban J connectivity index is 2.13. The van der Waals surface area contributed by atoms with Crippen LogP contribution in [0.3, 0.4) is 0 Å². The van der Waals surface area contributed by atoms with Gasteiger partial charge in [-0.3, -0.25) is 4.79 Å². The third-order valence-corrected chi connectivity index (χ3v) is 2.87. The van der Waals surface area contributed by atoms with E-state index in [-0.39, 0.29) is 12.3 Å². The van der Waals surface area contributed by atoms with Gasteiger partial charge in [-0.15, -0.1) is 0 Å². The number of amides is 1. The van der Waals surface area contributed by atoms with Gasteiger partial charge >= 0.3 is 5.97 Å². The summed E-state index contributed by atoms with van der Waals surface area (Å²) in [7, 11) is 0. The van der Waals surface area contributed by atoms with E-state index in [1.165, 1.54) is 13.8 Å². The molecule has 0 atom stereocenters. The van der Waals surface area contributed by atoms with Crippen LogP contribution in [0.4, 0.5) is 0 Å². The van der Waals surface area contributed by atoms with Crippen LogP contribution in [-0.4, -0.2) is 32.5 Å². The average molecular weight is 261 g/mol. The van der Waals surface area contributed by atoms with Gasteiger partial charge < -0.3 is 15.4 Å². The van der Waals surface area contributed by atoms with Gasteiger partial charge in [0.05, 0.1) is 6.42 Å². The van der Waals surface area contributed by atoms with E-state index in [4.69, 9.17) is 5.11 Å². The Morgan fingerprint density at radius 2 is 2.21 bits per heavy atom. The number of hydrogen-bond acceptors (Lipinski definition) is 3. The van der Waals surface area contributed by atoms with Crippen molar-refractivity contribution in [2.75, 3.05) is 0 Å². The highest BCUT2D eigenvalue weighted by Crippen LogP contribution is 2.16. The maximum absolute atomic E-state index is 11.9. The van der Waals surface area contributed by atoms with Crippen molar-refractivity contribution in [2.45, 2.75) is 25.8 Å². The second kappa shape index (κ2) is 4.72. The quantitative estimate of drug-likeness (QED) is 0.767. The molecule has 0 spiro atoms. The van der Waals surface area contributed by atoms with Crippen LogP contribution in [-0.2, 0) is 16.0 Å². The molecule has 0 aromatic carbocycles. The molecule has 2 rings (SSSR count). The zero-order valence-corrected chi connectivity index (χ0v) is 10.7. The first-order valence-corrected chi connectivity index (χ1v) is 5.85. The predicted molar refractivity (Wildman–Crippen MR) is 69.7 cm³/mol. The number of nitrogens with zero attached hydrogens (tertiary/aromatic N) is 1. The zero-order chi connectivity index (χ0) is 14.0. The van der Waals surface area contributed by atoms with Gasteiger partial charge in [0.2, 0.25) is 5.91 Å². The lowest BCUT2D eigenvalue weighted by Crippen LogP contribution is -2.50. The molecule has 6 heteroatoms. The molecule has 2 aromatic rings. The first-order chi connectivity index (χ1) is 8.90. The third-order valence-electron chi connectivity index (χ3n) is 2.87. The van der Waals surface area contributed by atoms with Crippen molar-refractivity contribution in [3.8, 4) is 0 Å². The highest BCUT2D eigenvalue weighted by molar-refractivity contribution is 5.90. The molecular formula is C13H15N3O3. The molecule has 100 valence electrons. The molecule has 0 aliphatic rings. The van der Waals surface area contributed by atoms with Crippen LogP contribution in [0, 0.1) is 0 Å². The third kappa shape index (κ3) is 2.73. The number of fused-ring (bicyclic) bond motifs is 1. The first kappa shape index (κ1) is 13.1. The van der Waals surface area contributed by atoms with Crippen LogP contribution in [0.15, 0.2) is 24.5 Å². The first-order valence-electron chi connectivity index (χ1n) is 5.85. The van der Waals surface area contributed by atoms with Gasteiger partial charge in [-0.05, 0) is 31.5 Å². The molecule has 0 unspecified atom stereocenters. The number of hydrogen-bond donors (Lipinski definition) is 3. The molecule has 1 amide bonds. The highest BCUT2D eigenvalue weighted by atomic mass is 16.4. The van der Waals surface area contributed by atoms with Gasteiger partial charge in [0.1, 0.15) is 11.2 Å². The van der Waals surface area contributed by atoms with Gasteiger partial charge in [-0.1, -0.05) is 0 Å². The predicted octanol–water partition coefficient (Wildman–Crippen LogP) is 1.08. The van der Waals surface area contributed by atoms with E-state index in [9.17, 15) is 9.59 Å². The van der Waals surface area contributed by atoms with E-state index in [0.717, 1.165) is 10.9 Å². The van der Waals surface area contributed by atoms with Crippen LogP contribution < -0.4 is 5.32 Å². The minimum atomic E-state index is -1.28. The summed E-state index contributed by atoms with van der Waals surface area (Å²) >= 11 is 0. The Bertz CT molecular complexity index is 631. The van der Waals surface area contributed by atoms with Crippen molar-refractivity contribution in [2.24, 2.45) is 0 Å². The summed E-state index contributed by atoms with van der Waals surface area (Å²) in [5.74, 6) is -1.40. The summed E-state index contributed by atoms with van der Waals surface area (Å²) in [4.78, 5) is 29.9. The Kier molecular flexibility index (Phi) is 3.25. The van der Waals surface area contributed by atoms with Crippen LogP contribution in [0.5, 0.6) is 0 Å². The number of aromatic nitrogens is 2. The minimum Gasteiger partial charge on any atom is -0.480 e. The average Bonchev–Trinajstić information content (AvgIpc) is 2.72. The van der Waals surface area contributed by atoms with E-state index >= 15 is 0 Å². The smallest absolute Gasteiger partial charge is 0.328 e. The number of carbonyl (C=O) groups is 2. The van der Waals surface area contributed by atoms with Gasteiger partial charge in [0.15, 0.2) is 0 Å². The molecule has 0 saturated carbocycles. The van der Waals surface area contributed by atoms with Crippen molar-refractivity contribution in [1.29, 1.82) is 0 Å². The Hall–Kier alpha value is -2.37. The summed E-state index contributed by atoms with van der Waals surface area (Å²) in [6.45, 7) is 2.90. The fourth-order valence-electron chi connectivity index (χ4n) is 1.78. The molecule has 2 aromatic heterocycles. The molecule has 2 heterocycles. The summed E-state index contributed by atoms with van der Waals surface area (Å²) in [6.07, 6.45) is 3.49. The number of aromatic amines is 1. The van der Waals surface area contributed by atoms with Crippen LogP contribution in [0.25, 0.3) is 11.0 Å². The lowest BCUT2D eigenvalue weighted by molar-refractivity contribution is -0.145. The lowest BCUT2D eigenvalue weighted by atomic mass is 10.1. The van der Waals surface area contributed by atoms with Gasteiger partial charge in [0.25, 0.3) is 0 Å². The molecule has 3 N–H and O–H groups in total. The van der Waals surface area contributed by atoms with E-state index in [1.54, 1.807) is 18.5 Å². The fourth-order valence-corrected chi connectivity index (χ4v) is 1.78. The van der Waals surface area contributed by atoms with E-state index in [1.807, 2.05) is 6.07 Å². The number of rotatable bonds is 4. The fraction of sp³-hybridized carbons (Fsp3) is 0.308. The maximum atomic E-state index is 11.9. The summed E-state index contributed by atoms with van der Waals surface area (Å²) in [5, 5.41) is 12.3. The van der Waals surface area contributed by atoms with Crippen molar-refractivity contribution in [1.82, 2.24) is 15.3 Å². The second-order valence-electron chi connectivity index (χ2n) is 4.87. The van der Waals surface area contributed by atoms with E-state index < -0.39 is 11.5 Å². The van der Waals surface area contributed by atoms with Crippen molar-refractivity contribution in [3.63, 3.8) is 0 Å². The number of carbonyl (C=O) groups excluding carboxylic acids is 1. The van der Waals surface area contributed by atoms with Crippen molar-refractivity contribution >= 4 is 22.9 Å². The monoisotopic (exact) mass is 261 g/mol. The SMILES string of the molecule is CC(C)(NC(=O)Cc1c[nH]c2ncccc12)C(=O)O. The zero-order valence-electron chi connectivity index (χ0n) is 10.7.